The maximum atomic E-state index is 12.8. The van der Waals surface area contributed by atoms with Crippen LogP contribution in [-0.4, -0.2) is 51.7 Å². The second-order valence-electron chi connectivity index (χ2n) is 6.25. The molecule has 0 saturated carbocycles. The van der Waals surface area contributed by atoms with Crippen molar-refractivity contribution in [1.29, 1.82) is 5.41 Å². The van der Waals surface area contributed by atoms with Crippen LogP contribution in [0.1, 0.15) is 12.0 Å². The molecule has 0 heterocycles. The minimum absolute atomic E-state index is 0.0989. The summed E-state index contributed by atoms with van der Waals surface area (Å²) in [6, 6.07) is 9.21. The van der Waals surface area contributed by atoms with Crippen LogP contribution >= 0.6 is 0 Å². The molecular weight excluding hydrogens is 474 g/mol. The van der Waals surface area contributed by atoms with Crippen molar-refractivity contribution in [2.24, 2.45) is 10.8 Å². The fourth-order valence-electron chi connectivity index (χ4n) is 2.41. The average molecular weight is 500 g/mol. The molecule has 2 aromatic rings. The lowest BCUT2D eigenvalue weighted by Gasteiger charge is -2.13. The quantitative estimate of drug-likeness (QED) is 0.0922. The van der Waals surface area contributed by atoms with Crippen molar-refractivity contribution in [2.45, 2.75) is 18.2 Å². The molecular formula is C19H25N5O9S. The number of guanidine groups is 1. The highest BCUT2D eigenvalue weighted by atomic mass is 32.2. The van der Waals surface area contributed by atoms with Gasteiger partial charge in [0.2, 0.25) is 5.96 Å². The normalized spacial score (nSPS) is 10.6. The minimum atomic E-state index is -4.18. The van der Waals surface area contributed by atoms with Gasteiger partial charge in [-0.2, -0.15) is 13.5 Å². The Kier molecular flexibility index (Phi) is 10.9. The summed E-state index contributed by atoms with van der Waals surface area (Å²) in [6.45, 7) is 2.07. The molecule has 0 aliphatic rings. The van der Waals surface area contributed by atoms with E-state index in [-0.39, 0.29) is 29.0 Å². The zero-order chi connectivity index (χ0) is 25.7. The van der Waals surface area contributed by atoms with Crippen molar-refractivity contribution in [3.05, 3.63) is 52.1 Å². The van der Waals surface area contributed by atoms with Crippen LogP contribution in [-0.2, 0) is 10.1 Å². The fraction of sp³-hybridized carbons (Fsp3) is 0.263. The Morgan fingerprint density at radius 1 is 1.21 bits per heavy atom. The largest absolute Gasteiger partial charge is 0.497 e. The lowest BCUT2D eigenvalue weighted by Crippen LogP contribution is -2.25. The third-order valence-corrected chi connectivity index (χ3v) is 4.93. The number of aryl methyl sites for hydroxylation is 1. The van der Waals surface area contributed by atoms with E-state index in [0.717, 1.165) is 5.56 Å². The van der Waals surface area contributed by atoms with Gasteiger partial charge in [0.05, 0.1) is 20.8 Å². The van der Waals surface area contributed by atoms with Crippen LogP contribution in [0.2, 0.25) is 0 Å². The summed E-state index contributed by atoms with van der Waals surface area (Å²) in [5.74, 6) is 0.764. The lowest BCUT2D eigenvalue weighted by atomic mass is 10.2. The van der Waals surface area contributed by atoms with Gasteiger partial charge in [0.15, 0.2) is 4.90 Å². The average Bonchev–Trinajstić information content (AvgIpc) is 2.74. The molecule has 0 radical (unpaired) electrons. The first-order valence-corrected chi connectivity index (χ1v) is 10.7. The third kappa shape index (κ3) is 9.90. The van der Waals surface area contributed by atoms with Crippen LogP contribution in [0, 0.1) is 22.4 Å². The molecule has 0 saturated heterocycles. The Labute approximate surface area is 195 Å². The summed E-state index contributed by atoms with van der Waals surface area (Å²) in [4.78, 5) is 8.21. The monoisotopic (exact) mass is 499 g/mol. The van der Waals surface area contributed by atoms with E-state index in [2.05, 4.69) is 10.5 Å². The maximum Gasteiger partial charge on any atom is 0.343 e. The standard InChI is InChI=1S/C19H24N4O6S.HNO3/c1-13-9-15(28-8-4-7-22-23-19(20)21)11-16(10-13)29-30(24,25)18-12-14(26-2)5-6-17(18)27-3;2-1(3)4/h5-7,9-12H,4,8H2,1-3H3,(H4,20,21,23);(H,2,3,4). The number of nitrogens with one attached hydrogen (secondary N) is 2. The number of nitrogens with two attached hydrogens (primary N) is 1. The molecule has 2 aromatic carbocycles. The minimum Gasteiger partial charge on any atom is -0.497 e. The van der Waals surface area contributed by atoms with Gasteiger partial charge in [-0.05, 0) is 36.8 Å². The van der Waals surface area contributed by atoms with Gasteiger partial charge >= 0.3 is 10.1 Å². The smallest absolute Gasteiger partial charge is 0.343 e. The summed E-state index contributed by atoms with van der Waals surface area (Å²) < 4.78 is 46.8. The first kappa shape index (κ1) is 27.8. The van der Waals surface area contributed by atoms with Gasteiger partial charge in [0.25, 0.3) is 5.09 Å². The molecule has 14 nitrogen and oxygen atoms in total. The zero-order valence-corrected chi connectivity index (χ0v) is 19.4. The van der Waals surface area contributed by atoms with Crippen molar-refractivity contribution in [3.63, 3.8) is 0 Å². The summed E-state index contributed by atoms with van der Waals surface area (Å²) in [5.41, 5.74) is 8.15. The Bertz CT molecular complexity index is 1120. The zero-order valence-electron chi connectivity index (χ0n) is 18.5. The van der Waals surface area contributed by atoms with Crippen molar-refractivity contribution in [1.82, 2.24) is 5.43 Å². The molecule has 2 rings (SSSR count). The third-order valence-electron chi connectivity index (χ3n) is 3.66. The van der Waals surface area contributed by atoms with Gasteiger partial charge in [0, 0.05) is 24.8 Å². The van der Waals surface area contributed by atoms with Crippen LogP contribution in [0.4, 0.5) is 0 Å². The second kappa shape index (κ2) is 13.3. The highest BCUT2D eigenvalue weighted by Crippen LogP contribution is 2.32. The lowest BCUT2D eigenvalue weighted by molar-refractivity contribution is -0.742. The number of hydrogen-bond acceptors (Lipinski definition) is 10. The van der Waals surface area contributed by atoms with E-state index in [1.807, 2.05) is 0 Å². The van der Waals surface area contributed by atoms with E-state index in [4.69, 9.17) is 44.9 Å². The topological polar surface area (TPSA) is 209 Å². The van der Waals surface area contributed by atoms with Crippen molar-refractivity contribution in [2.75, 3.05) is 20.8 Å². The van der Waals surface area contributed by atoms with Crippen LogP contribution < -0.4 is 29.6 Å². The number of benzene rings is 2. The molecule has 0 fully saturated rings. The van der Waals surface area contributed by atoms with Crippen LogP contribution in [0.15, 0.2) is 46.4 Å². The fourth-order valence-corrected chi connectivity index (χ4v) is 3.50. The van der Waals surface area contributed by atoms with Gasteiger partial charge in [-0.25, -0.2) is 5.43 Å². The molecule has 0 spiro atoms. The summed E-state index contributed by atoms with van der Waals surface area (Å²) in [7, 11) is -1.38. The van der Waals surface area contributed by atoms with Crippen molar-refractivity contribution >= 4 is 22.3 Å². The molecule has 0 aromatic heterocycles. The van der Waals surface area contributed by atoms with Gasteiger partial charge < -0.3 is 29.3 Å². The number of methoxy groups -OCH3 is 2. The molecule has 5 N–H and O–H groups in total. The van der Waals surface area contributed by atoms with E-state index >= 15 is 0 Å². The predicted octanol–water partition coefficient (Wildman–Crippen LogP) is 1.67. The number of nitrogens with zero attached hydrogens (tertiary/aromatic N) is 2. The SMILES string of the molecule is COc1ccc(OC)c(S(=O)(=O)Oc2cc(C)cc(OCCC=NNC(=N)N)c2)c1.O=[N+]([O-])O. The van der Waals surface area contributed by atoms with Gasteiger partial charge in [-0.3, -0.25) is 5.41 Å². The Hall–Kier alpha value is -4.27. The highest BCUT2D eigenvalue weighted by Gasteiger charge is 2.23. The first-order valence-electron chi connectivity index (χ1n) is 9.34. The number of hydrogen-bond donors (Lipinski definition) is 4. The van der Waals surface area contributed by atoms with Crippen molar-refractivity contribution in [3.8, 4) is 23.0 Å². The first-order chi connectivity index (χ1) is 16.0. The molecule has 0 bridgehead atoms. The summed E-state index contributed by atoms with van der Waals surface area (Å²) >= 11 is 0. The van der Waals surface area contributed by atoms with E-state index in [9.17, 15) is 8.42 Å². The van der Waals surface area contributed by atoms with Crippen LogP contribution in [0.5, 0.6) is 23.0 Å². The molecule has 0 unspecified atom stereocenters. The molecule has 186 valence electrons. The molecule has 34 heavy (non-hydrogen) atoms. The number of hydrazone groups is 1. The summed E-state index contributed by atoms with van der Waals surface area (Å²) in [6.07, 6.45) is 1.96. The van der Waals surface area contributed by atoms with Crippen molar-refractivity contribution < 1.29 is 37.1 Å². The van der Waals surface area contributed by atoms with E-state index in [1.54, 1.807) is 25.1 Å². The van der Waals surface area contributed by atoms with Crippen LogP contribution in [0.3, 0.4) is 0 Å². The Morgan fingerprint density at radius 2 is 1.85 bits per heavy atom. The predicted molar refractivity (Wildman–Crippen MR) is 121 cm³/mol. The van der Waals surface area contributed by atoms with E-state index in [1.165, 1.54) is 38.6 Å². The van der Waals surface area contributed by atoms with Gasteiger partial charge in [0.1, 0.15) is 23.0 Å². The Morgan fingerprint density at radius 3 is 2.44 bits per heavy atom. The molecule has 0 amide bonds. The van der Waals surface area contributed by atoms with Gasteiger partial charge in [-0.1, -0.05) is 0 Å². The number of ether oxygens (including phenoxy) is 3. The second-order valence-corrected chi connectivity index (χ2v) is 7.76. The molecule has 0 aliphatic heterocycles. The molecule has 0 aliphatic carbocycles. The molecule has 0 atom stereocenters. The van der Waals surface area contributed by atoms with E-state index < -0.39 is 15.2 Å². The highest BCUT2D eigenvalue weighted by molar-refractivity contribution is 7.87. The van der Waals surface area contributed by atoms with Gasteiger partial charge in [-0.15, -0.1) is 10.1 Å². The summed E-state index contributed by atoms with van der Waals surface area (Å²) in [5, 5.41) is 24.3. The Balaban J connectivity index is 0.00000133. The van der Waals surface area contributed by atoms with Crippen LogP contribution in [0.25, 0.3) is 0 Å². The number of rotatable bonds is 10. The maximum absolute atomic E-state index is 12.8. The van der Waals surface area contributed by atoms with E-state index in [0.29, 0.717) is 17.9 Å². The molecule has 15 heteroatoms.